The van der Waals surface area contributed by atoms with Crippen LogP contribution < -0.4 is 4.74 Å². The molecule has 1 aromatic heterocycles. The molecule has 0 bridgehead atoms. The Morgan fingerprint density at radius 1 is 1.20 bits per heavy atom. The van der Waals surface area contributed by atoms with Crippen LogP contribution in [0.4, 0.5) is 4.39 Å². The minimum absolute atomic E-state index is 0.0950. The van der Waals surface area contributed by atoms with Crippen LogP contribution >= 0.6 is 0 Å². The summed E-state index contributed by atoms with van der Waals surface area (Å²) in [6.45, 7) is 2.11. The van der Waals surface area contributed by atoms with Gasteiger partial charge in [0, 0.05) is 19.2 Å². The lowest BCUT2D eigenvalue weighted by atomic mass is 9.81. The van der Waals surface area contributed by atoms with E-state index in [2.05, 4.69) is 4.98 Å². The number of aliphatic hydroxyl groups excluding tert-OH is 1. The third-order valence-electron chi connectivity index (χ3n) is 6.75. The number of amides is 1. The Kier molecular flexibility index (Phi) is 5.98. The second-order valence-electron chi connectivity index (χ2n) is 8.90. The number of aromatic nitrogens is 2. The van der Waals surface area contributed by atoms with Gasteiger partial charge >= 0.3 is 0 Å². The third kappa shape index (κ3) is 4.04. The van der Waals surface area contributed by atoms with E-state index in [0.717, 1.165) is 22.5 Å². The van der Waals surface area contributed by atoms with Crippen molar-refractivity contribution in [3.63, 3.8) is 0 Å². The fourth-order valence-electron chi connectivity index (χ4n) is 4.96. The SMILES string of the molecule is COc1cc(/C=C2\CCC(=O)N3C2=NCCC3(CO)c2ccc(F)cc2)ccc1-n1cnc(C)c1. The van der Waals surface area contributed by atoms with E-state index in [0.29, 0.717) is 43.0 Å². The van der Waals surface area contributed by atoms with E-state index in [1.54, 1.807) is 30.5 Å². The predicted molar refractivity (Wildman–Crippen MR) is 131 cm³/mol. The quantitative estimate of drug-likeness (QED) is 0.606. The topological polar surface area (TPSA) is 80.0 Å². The lowest BCUT2D eigenvalue weighted by Crippen LogP contribution is -2.59. The zero-order chi connectivity index (χ0) is 24.6. The van der Waals surface area contributed by atoms with E-state index in [1.807, 2.05) is 42.0 Å². The van der Waals surface area contributed by atoms with Gasteiger partial charge in [-0.1, -0.05) is 18.2 Å². The summed E-state index contributed by atoms with van der Waals surface area (Å²) in [6, 6.07) is 11.9. The zero-order valence-corrected chi connectivity index (χ0v) is 19.7. The van der Waals surface area contributed by atoms with Gasteiger partial charge in [0.1, 0.15) is 17.4 Å². The number of methoxy groups -OCH3 is 1. The molecule has 3 aromatic rings. The lowest BCUT2D eigenvalue weighted by Gasteiger charge is -2.48. The molecule has 8 heteroatoms. The smallest absolute Gasteiger partial charge is 0.229 e. The molecule has 0 spiro atoms. The Labute approximate surface area is 203 Å². The summed E-state index contributed by atoms with van der Waals surface area (Å²) < 4.78 is 21.2. The minimum atomic E-state index is -0.970. The summed E-state index contributed by atoms with van der Waals surface area (Å²) in [7, 11) is 1.63. The van der Waals surface area contributed by atoms with Gasteiger partial charge in [-0.2, -0.15) is 0 Å². The molecule has 35 heavy (non-hydrogen) atoms. The van der Waals surface area contributed by atoms with Crippen LogP contribution in [-0.4, -0.2) is 51.6 Å². The first-order chi connectivity index (χ1) is 16.9. The first-order valence-electron chi connectivity index (χ1n) is 11.6. The molecule has 3 heterocycles. The Balaban J connectivity index is 1.53. The standard InChI is InChI=1S/C27H27FN4O3/c1-18-15-31(17-30-18)23-9-3-19(14-24(23)35-2)13-20-4-10-25(34)32-26(20)29-12-11-27(32,16-33)21-5-7-22(28)8-6-21/h3,5-9,13-15,17,33H,4,10-12,16H2,1-2H3/b20-13+. The maximum atomic E-state index is 13.6. The number of carbonyl (C=O) groups is 1. The third-order valence-corrected chi connectivity index (χ3v) is 6.75. The average molecular weight is 475 g/mol. The minimum Gasteiger partial charge on any atom is -0.495 e. The molecule has 2 aliphatic rings. The zero-order valence-electron chi connectivity index (χ0n) is 19.7. The highest BCUT2D eigenvalue weighted by Crippen LogP contribution is 2.40. The average Bonchev–Trinajstić information content (AvgIpc) is 3.31. The van der Waals surface area contributed by atoms with E-state index >= 15 is 0 Å². The highest BCUT2D eigenvalue weighted by Gasteiger charge is 2.47. The number of hydrogen-bond donors (Lipinski definition) is 1. The number of aliphatic hydroxyl groups is 1. The highest BCUT2D eigenvalue weighted by molar-refractivity contribution is 6.13. The summed E-state index contributed by atoms with van der Waals surface area (Å²) in [5.41, 5.74) is 3.34. The first-order valence-corrected chi connectivity index (χ1v) is 11.6. The molecule has 180 valence electrons. The fourth-order valence-corrected chi connectivity index (χ4v) is 4.96. The Hall–Kier alpha value is -3.78. The van der Waals surface area contributed by atoms with Gasteiger partial charge in [-0.05, 0) is 66.8 Å². The molecule has 1 amide bonds. The number of rotatable bonds is 5. The maximum absolute atomic E-state index is 13.6. The van der Waals surface area contributed by atoms with Crippen molar-refractivity contribution in [1.82, 2.24) is 14.5 Å². The molecular weight excluding hydrogens is 447 g/mol. The molecule has 1 atom stereocenters. The van der Waals surface area contributed by atoms with E-state index in [4.69, 9.17) is 9.73 Å². The van der Waals surface area contributed by atoms with Crippen LogP contribution in [0.1, 0.15) is 36.1 Å². The summed E-state index contributed by atoms with van der Waals surface area (Å²) in [6.07, 6.45) is 7.01. The number of aryl methyl sites for hydroxylation is 1. The number of amidine groups is 1. The van der Waals surface area contributed by atoms with Gasteiger partial charge in [0.2, 0.25) is 5.91 Å². The molecule has 1 fully saturated rings. The van der Waals surface area contributed by atoms with E-state index < -0.39 is 5.54 Å². The van der Waals surface area contributed by atoms with Crippen molar-refractivity contribution in [2.45, 2.75) is 31.7 Å². The van der Waals surface area contributed by atoms with Crippen molar-refractivity contribution in [1.29, 1.82) is 0 Å². The predicted octanol–water partition coefficient (Wildman–Crippen LogP) is 4.02. The highest BCUT2D eigenvalue weighted by atomic mass is 19.1. The summed E-state index contributed by atoms with van der Waals surface area (Å²) >= 11 is 0. The van der Waals surface area contributed by atoms with Crippen LogP contribution in [0.2, 0.25) is 0 Å². The molecule has 0 saturated carbocycles. The molecule has 0 radical (unpaired) electrons. The number of halogens is 1. The Bertz CT molecular complexity index is 1330. The second kappa shape index (κ2) is 9.11. The molecule has 2 aliphatic heterocycles. The number of carbonyl (C=O) groups excluding carboxylic acids is 1. The van der Waals surface area contributed by atoms with Crippen molar-refractivity contribution in [3.05, 3.63) is 83.2 Å². The van der Waals surface area contributed by atoms with Gasteiger partial charge in [-0.3, -0.25) is 14.7 Å². The van der Waals surface area contributed by atoms with Crippen LogP contribution in [0.25, 0.3) is 11.8 Å². The fraction of sp³-hybridized carbons (Fsp3) is 0.296. The Morgan fingerprint density at radius 3 is 2.69 bits per heavy atom. The van der Waals surface area contributed by atoms with E-state index in [9.17, 15) is 14.3 Å². The first kappa shape index (κ1) is 23.0. The van der Waals surface area contributed by atoms with E-state index in [1.165, 1.54) is 12.1 Å². The maximum Gasteiger partial charge on any atom is 0.229 e. The number of piperidine rings is 1. The van der Waals surface area contributed by atoms with Gasteiger partial charge in [0.05, 0.1) is 37.0 Å². The van der Waals surface area contributed by atoms with Gasteiger partial charge < -0.3 is 14.4 Å². The lowest BCUT2D eigenvalue weighted by molar-refractivity contribution is -0.135. The Morgan fingerprint density at radius 2 is 2.00 bits per heavy atom. The molecule has 1 N–H and O–H groups in total. The largest absolute Gasteiger partial charge is 0.495 e. The summed E-state index contributed by atoms with van der Waals surface area (Å²) in [5.74, 6) is 0.809. The number of hydrogen-bond acceptors (Lipinski definition) is 5. The van der Waals surface area contributed by atoms with Crippen molar-refractivity contribution in [2.24, 2.45) is 4.99 Å². The van der Waals surface area contributed by atoms with Gasteiger partial charge in [-0.15, -0.1) is 0 Å². The van der Waals surface area contributed by atoms with Gasteiger partial charge in [0.15, 0.2) is 0 Å². The van der Waals surface area contributed by atoms with Crippen molar-refractivity contribution < 1.29 is 19.0 Å². The molecule has 1 saturated heterocycles. The summed E-state index contributed by atoms with van der Waals surface area (Å²) in [5, 5.41) is 10.5. The normalized spacial score (nSPS) is 21.1. The van der Waals surface area contributed by atoms with Gasteiger partial charge in [0.25, 0.3) is 0 Å². The monoisotopic (exact) mass is 474 g/mol. The van der Waals surface area contributed by atoms with E-state index in [-0.39, 0.29) is 18.3 Å². The van der Waals surface area contributed by atoms with Gasteiger partial charge in [-0.25, -0.2) is 9.37 Å². The molecule has 2 aromatic carbocycles. The summed E-state index contributed by atoms with van der Waals surface area (Å²) in [4.78, 5) is 23.8. The van der Waals surface area contributed by atoms with Crippen molar-refractivity contribution in [3.8, 4) is 11.4 Å². The van der Waals surface area contributed by atoms with Crippen LogP contribution in [0.15, 0.2) is 65.6 Å². The second-order valence-corrected chi connectivity index (χ2v) is 8.90. The molecule has 5 rings (SSSR count). The van der Waals surface area contributed by atoms with Crippen molar-refractivity contribution >= 4 is 17.8 Å². The number of benzene rings is 2. The van der Waals surface area contributed by atoms with Crippen molar-refractivity contribution in [2.75, 3.05) is 20.3 Å². The molecule has 0 aliphatic carbocycles. The number of nitrogens with zero attached hydrogens (tertiary/aromatic N) is 4. The molecule has 1 unspecified atom stereocenters. The number of aliphatic imine (C=N–C) groups is 1. The van der Waals surface area contributed by atoms with Crippen LogP contribution in [0, 0.1) is 12.7 Å². The number of ether oxygens (including phenoxy) is 1. The number of imidazole rings is 1. The number of fused-ring (bicyclic) bond motifs is 1. The van der Waals surface area contributed by atoms with Crippen LogP contribution in [0.5, 0.6) is 5.75 Å². The van der Waals surface area contributed by atoms with Crippen LogP contribution in [-0.2, 0) is 10.3 Å². The molecular formula is C27H27FN4O3. The molecule has 7 nitrogen and oxygen atoms in total. The van der Waals surface area contributed by atoms with Crippen LogP contribution in [0.3, 0.4) is 0 Å².